The molecule has 3 heterocycles. The van der Waals surface area contributed by atoms with Crippen LogP contribution in [-0.4, -0.2) is 49.8 Å². The van der Waals surface area contributed by atoms with Crippen molar-refractivity contribution in [3.63, 3.8) is 0 Å². The van der Waals surface area contributed by atoms with Crippen molar-refractivity contribution in [3.8, 4) is 5.69 Å². The molecule has 1 aliphatic heterocycles. The molecule has 8 nitrogen and oxygen atoms in total. The van der Waals surface area contributed by atoms with Gasteiger partial charge in [-0.25, -0.2) is 4.68 Å². The average molecular weight is 364 g/mol. The number of pyridine rings is 1. The molecule has 1 fully saturated rings. The molecule has 0 radical (unpaired) electrons. The van der Waals surface area contributed by atoms with E-state index >= 15 is 0 Å². The molecular formula is C19H20N6O2. The molecule has 1 saturated heterocycles. The zero-order valence-electron chi connectivity index (χ0n) is 15.0. The summed E-state index contributed by atoms with van der Waals surface area (Å²) in [6.45, 7) is 2.83. The Hall–Kier alpha value is -3.29. The summed E-state index contributed by atoms with van der Waals surface area (Å²) in [5.74, 6) is -0.622. The monoisotopic (exact) mass is 364 g/mol. The highest BCUT2D eigenvalue weighted by atomic mass is 16.2. The lowest BCUT2D eigenvalue weighted by molar-refractivity contribution is -0.123. The topological polar surface area (TPSA) is 107 Å². The first kappa shape index (κ1) is 17.1. The Morgan fingerprint density at radius 1 is 1.15 bits per heavy atom. The van der Waals surface area contributed by atoms with Gasteiger partial charge in [0.05, 0.1) is 16.9 Å². The Balaban J connectivity index is 1.63. The van der Waals surface area contributed by atoms with Crippen molar-refractivity contribution >= 4 is 22.7 Å². The van der Waals surface area contributed by atoms with Crippen LogP contribution in [0.2, 0.25) is 0 Å². The molecule has 0 spiro atoms. The standard InChI is InChI=1S/C19H20N6O2/c1-12-17(19(27)24-10-7-13(8-11-24)18(20)26)22-23-25(12)16-6-2-5-15-14(16)4-3-9-21-15/h2-6,9,13H,7-8,10-11H2,1H3,(H2,20,26). The number of aromatic nitrogens is 4. The molecule has 4 rings (SSSR count). The third-order valence-electron chi connectivity index (χ3n) is 5.13. The number of hydrogen-bond acceptors (Lipinski definition) is 5. The van der Waals surface area contributed by atoms with Gasteiger partial charge in [-0.2, -0.15) is 0 Å². The maximum Gasteiger partial charge on any atom is 0.276 e. The molecule has 2 N–H and O–H groups in total. The van der Waals surface area contributed by atoms with E-state index in [0.717, 1.165) is 16.6 Å². The van der Waals surface area contributed by atoms with Crippen molar-refractivity contribution in [2.45, 2.75) is 19.8 Å². The fraction of sp³-hybridized carbons (Fsp3) is 0.316. The van der Waals surface area contributed by atoms with Gasteiger partial charge in [-0.1, -0.05) is 11.3 Å². The highest BCUT2D eigenvalue weighted by molar-refractivity contribution is 5.94. The molecule has 3 aromatic rings. The summed E-state index contributed by atoms with van der Waals surface area (Å²) in [5.41, 5.74) is 8.05. The Morgan fingerprint density at radius 3 is 2.67 bits per heavy atom. The van der Waals surface area contributed by atoms with Gasteiger partial charge in [-0.15, -0.1) is 5.10 Å². The zero-order chi connectivity index (χ0) is 19.0. The number of benzene rings is 1. The van der Waals surface area contributed by atoms with E-state index in [1.54, 1.807) is 15.8 Å². The van der Waals surface area contributed by atoms with Crippen LogP contribution in [0.3, 0.4) is 0 Å². The van der Waals surface area contributed by atoms with Crippen LogP contribution in [0.15, 0.2) is 36.5 Å². The molecule has 0 aliphatic carbocycles. The van der Waals surface area contributed by atoms with Crippen LogP contribution >= 0.6 is 0 Å². The largest absolute Gasteiger partial charge is 0.369 e. The number of fused-ring (bicyclic) bond motifs is 1. The smallest absolute Gasteiger partial charge is 0.276 e. The number of primary amides is 1. The molecule has 0 bridgehead atoms. The summed E-state index contributed by atoms with van der Waals surface area (Å²) in [6, 6.07) is 9.60. The maximum absolute atomic E-state index is 12.9. The maximum atomic E-state index is 12.9. The molecule has 0 saturated carbocycles. The predicted octanol–water partition coefficient (Wildman–Crippen LogP) is 1.46. The molecule has 8 heteroatoms. The van der Waals surface area contributed by atoms with Gasteiger partial charge in [-0.3, -0.25) is 14.6 Å². The fourth-order valence-electron chi connectivity index (χ4n) is 3.54. The van der Waals surface area contributed by atoms with E-state index in [0.29, 0.717) is 37.3 Å². The SMILES string of the molecule is Cc1c(C(=O)N2CCC(C(N)=O)CC2)nnn1-c1cccc2ncccc12. The highest BCUT2D eigenvalue weighted by Crippen LogP contribution is 2.23. The number of nitrogens with zero attached hydrogens (tertiary/aromatic N) is 5. The Labute approximate surface area is 156 Å². The van der Waals surface area contributed by atoms with E-state index in [1.165, 1.54) is 0 Å². The molecule has 138 valence electrons. The molecule has 2 aromatic heterocycles. The quantitative estimate of drug-likeness (QED) is 0.757. The van der Waals surface area contributed by atoms with Crippen molar-refractivity contribution in [1.29, 1.82) is 0 Å². The Bertz CT molecular complexity index is 1010. The minimum absolute atomic E-state index is 0.158. The average Bonchev–Trinajstić information content (AvgIpc) is 3.08. The molecule has 1 aromatic carbocycles. The van der Waals surface area contributed by atoms with Crippen molar-refractivity contribution in [2.24, 2.45) is 11.7 Å². The van der Waals surface area contributed by atoms with Crippen LogP contribution < -0.4 is 5.73 Å². The Kier molecular flexibility index (Phi) is 4.31. The summed E-state index contributed by atoms with van der Waals surface area (Å²) in [4.78, 5) is 30.3. The van der Waals surface area contributed by atoms with Gasteiger partial charge in [0.2, 0.25) is 5.91 Å². The summed E-state index contributed by atoms with van der Waals surface area (Å²) in [5, 5.41) is 9.29. The van der Waals surface area contributed by atoms with Crippen molar-refractivity contribution in [3.05, 3.63) is 47.9 Å². The molecule has 0 unspecified atom stereocenters. The van der Waals surface area contributed by atoms with E-state index in [9.17, 15) is 9.59 Å². The van der Waals surface area contributed by atoms with Crippen LogP contribution in [0.4, 0.5) is 0 Å². The Morgan fingerprint density at radius 2 is 1.93 bits per heavy atom. The van der Waals surface area contributed by atoms with Gasteiger partial charge in [0.25, 0.3) is 5.91 Å². The zero-order valence-corrected chi connectivity index (χ0v) is 15.0. The van der Waals surface area contributed by atoms with E-state index in [2.05, 4.69) is 15.3 Å². The first-order chi connectivity index (χ1) is 13.1. The van der Waals surface area contributed by atoms with Crippen LogP contribution in [0.1, 0.15) is 29.0 Å². The van der Waals surface area contributed by atoms with E-state index in [1.807, 2.05) is 37.3 Å². The summed E-state index contributed by atoms with van der Waals surface area (Å²) >= 11 is 0. The number of hydrogen-bond donors (Lipinski definition) is 1. The number of amides is 2. The van der Waals surface area contributed by atoms with Gasteiger partial charge in [-0.05, 0) is 44.0 Å². The lowest BCUT2D eigenvalue weighted by Crippen LogP contribution is -2.42. The second kappa shape index (κ2) is 6.79. The third kappa shape index (κ3) is 3.03. The molecular weight excluding hydrogens is 344 g/mol. The second-order valence-electron chi connectivity index (χ2n) is 6.75. The first-order valence-corrected chi connectivity index (χ1v) is 8.91. The second-order valence-corrected chi connectivity index (χ2v) is 6.75. The summed E-state index contributed by atoms with van der Waals surface area (Å²) < 4.78 is 1.67. The number of rotatable bonds is 3. The van der Waals surface area contributed by atoms with Crippen molar-refractivity contribution in [2.75, 3.05) is 13.1 Å². The number of piperidine rings is 1. The molecule has 1 aliphatic rings. The van der Waals surface area contributed by atoms with Gasteiger partial charge in [0.1, 0.15) is 0 Å². The van der Waals surface area contributed by atoms with Crippen LogP contribution in [0, 0.1) is 12.8 Å². The lowest BCUT2D eigenvalue weighted by Gasteiger charge is -2.30. The fourth-order valence-corrected chi connectivity index (χ4v) is 3.54. The molecule has 27 heavy (non-hydrogen) atoms. The predicted molar refractivity (Wildman–Crippen MR) is 99.2 cm³/mol. The van der Waals surface area contributed by atoms with E-state index in [-0.39, 0.29) is 17.7 Å². The summed E-state index contributed by atoms with van der Waals surface area (Å²) in [7, 11) is 0. The van der Waals surface area contributed by atoms with E-state index in [4.69, 9.17) is 5.73 Å². The van der Waals surface area contributed by atoms with Crippen LogP contribution in [0.25, 0.3) is 16.6 Å². The van der Waals surface area contributed by atoms with E-state index < -0.39 is 0 Å². The van der Waals surface area contributed by atoms with Crippen LogP contribution in [0.5, 0.6) is 0 Å². The van der Waals surface area contributed by atoms with Crippen LogP contribution in [-0.2, 0) is 4.79 Å². The number of carbonyl (C=O) groups excluding carboxylic acids is 2. The third-order valence-corrected chi connectivity index (χ3v) is 5.13. The molecule has 0 atom stereocenters. The van der Waals surface area contributed by atoms with Gasteiger partial charge in [0, 0.05) is 30.6 Å². The number of nitrogens with two attached hydrogens (primary N) is 1. The molecule has 2 amide bonds. The number of carbonyl (C=O) groups is 2. The van der Waals surface area contributed by atoms with Crippen molar-refractivity contribution < 1.29 is 9.59 Å². The van der Waals surface area contributed by atoms with Gasteiger partial charge >= 0.3 is 0 Å². The van der Waals surface area contributed by atoms with Crippen molar-refractivity contribution in [1.82, 2.24) is 24.9 Å². The first-order valence-electron chi connectivity index (χ1n) is 8.91. The highest BCUT2D eigenvalue weighted by Gasteiger charge is 2.29. The minimum Gasteiger partial charge on any atom is -0.369 e. The lowest BCUT2D eigenvalue weighted by atomic mass is 9.96. The normalized spacial score (nSPS) is 15.2. The van der Waals surface area contributed by atoms with Gasteiger partial charge < -0.3 is 10.6 Å². The summed E-state index contributed by atoms with van der Waals surface area (Å²) in [6.07, 6.45) is 2.91. The minimum atomic E-state index is -0.297. The van der Waals surface area contributed by atoms with Gasteiger partial charge in [0.15, 0.2) is 5.69 Å². The number of likely N-dealkylation sites (tertiary alicyclic amines) is 1.